The summed E-state index contributed by atoms with van der Waals surface area (Å²) in [4.78, 5) is 18.7. The standard InChI is InChI=1S/C17H19ClN4O/c18-14-3-1-13(2-4-14)11-17(23)21-16-6-5-15(12-20-16)22-9-7-19-8-10-22/h1-6,12,19H,7-11H2,(H,20,21,23). The van der Waals surface area contributed by atoms with Gasteiger partial charge in [0.15, 0.2) is 0 Å². The number of aromatic nitrogens is 1. The second-order valence-corrected chi connectivity index (χ2v) is 5.93. The summed E-state index contributed by atoms with van der Waals surface area (Å²) in [5, 5.41) is 6.81. The van der Waals surface area contributed by atoms with E-state index in [1.165, 1.54) is 0 Å². The fourth-order valence-electron chi connectivity index (χ4n) is 2.54. The third kappa shape index (κ3) is 4.43. The lowest BCUT2D eigenvalue weighted by Crippen LogP contribution is -2.43. The quantitative estimate of drug-likeness (QED) is 0.903. The highest BCUT2D eigenvalue weighted by Crippen LogP contribution is 2.16. The average Bonchev–Trinajstić information content (AvgIpc) is 2.58. The zero-order valence-electron chi connectivity index (χ0n) is 12.8. The van der Waals surface area contributed by atoms with Crippen LogP contribution in [0, 0.1) is 0 Å². The lowest BCUT2D eigenvalue weighted by Gasteiger charge is -2.29. The first kappa shape index (κ1) is 15.8. The number of hydrogen-bond acceptors (Lipinski definition) is 4. The zero-order valence-corrected chi connectivity index (χ0v) is 13.5. The number of benzene rings is 1. The van der Waals surface area contributed by atoms with Crippen LogP contribution in [0.15, 0.2) is 42.6 Å². The topological polar surface area (TPSA) is 57.3 Å². The van der Waals surface area contributed by atoms with E-state index < -0.39 is 0 Å². The third-order valence-electron chi connectivity index (χ3n) is 3.78. The molecular formula is C17H19ClN4O. The molecule has 1 aliphatic heterocycles. The predicted molar refractivity (Wildman–Crippen MR) is 93.1 cm³/mol. The average molecular weight is 331 g/mol. The Morgan fingerprint density at radius 3 is 2.57 bits per heavy atom. The van der Waals surface area contributed by atoms with Crippen molar-refractivity contribution in [3.8, 4) is 0 Å². The Hall–Kier alpha value is -2.11. The van der Waals surface area contributed by atoms with Crippen LogP contribution >= 0.6 is 11.6 Å². The maximum atomic E-state index is 12.1. The number of carbonyl (C=O) groups is 1. The first-order valence-electron chi connectivity index (χ1n) is 7.67. The maximum absolute atomic E-state index is 12.1. The van der Waals surface area contributed by atoms with Crippen LogP contribution in [0.4, 0.5) is 11.5 Å². The number of halogens is 1. The molecule has 5 nitrogen and oxygen atoms in total. The Labute approximate surface area is 140 Å². The normalized spacial score (nSPS) is 14.6. The maximum Gasteiger partial charge on any atom is 0.229 e. The number of amides is 1. The molecule has 0 saturated carbocycles. The van der Waals surface area contributed by atoms with Gasteiger partial charge in [-0.05, 0) is 29.8 Å². The van der Waals surface area contributed by atoms with Gasteiger partial charge in [-0.1, -0.05) is 23.7 Å². The van der Waals surface area contributed by atoms with Gasteiger partial charge in [-0.15, -0.1) is 0 Å². The van der Waals surface area contributed by atoms with E-state index in [0.29, 0.717) is 17.3 Å². The van der Waals surface area contributed by atoms with Crippen molar-refractivity contribution in [3.05, 3.63) is 53.2 Å². The molecule has 0 spiro atoms. The van der Waals surface area contributed by atoms with E-state index in [1.807, 2.05) is 30.5 Å². The lowest BCUT2D eigenvalue weighted by atomic mass is 10.1. The Kier molecular flexibility index (Phi) is 5.10. The number of pyridine rings is 1. The number of nitrogens with one attached hydrogen (secondary N) is 2. The molecule has 0 unspecified atom stereocenters. The Morgan fingerprint density at radius 2 is 1.91 bits per heavy atom. The SMILES string of the molecule is O=C(Cc1ccc(Cl)cc1)Nc1ccc(N2CCNCC2)cn1. The van der Waals surface area contributed by atoms with E-state index in [0.717, 1.165) is 37.4 Å². The molecule has 1 fully saturated rings. The van der Waals surface area contributed by atoms with Gasteiger partial charge >= 0.3 is 0 Å². The molecule has 1 aromatic heterocycles. The van der Waals surface area contributed by atoms with Crippen LogP contribution in [-0.2, 0) is 11.2 Å². The van der Waals surface area contributed by atoms with Crippen molar-refractivity contribution >= 4 is 29.0 Å². The van der Waals surface area contributed by atoms with Crippen molar-refractivity contribution in [2.24, 2.45) is 0 Å². The Balaban J connectivity index is 1.57. The fourth-order valence-corrected chi connectivity index (χ4v) is 2.67. The van der Waals surface area contributed by atoms with Gasteiger partial charge in [0, 0.05) is 31.2 Å². The van der Waals surface area contributed by atoms with Gasteiger partial charge in [-0.25, -0.2) is 4.98 Å². The van der Waals surface area contributed by atoms with E-state index >= 15 is 0 Å². The minimum absolute atomic E-state index is 0.0882. The molecule has 2 aromatic rings. The molecule has 1 aliphatic rings. The number of anilines is 2. The van der Waals surface area contributed by atoms with Crippen molar-refractivity contribution < 1.29 is 4.79 Å². The summed E-state index contributed by atoms with van der Waals surface area (Å²) in [7, 11) is 0. The summed E-state index contributed by atoms with van der Waals surface area (Å²) in [6, 6.07) is 11.1. The zero-order chi connectivity index (χ0) is 16.1. The first-order chi connectivity index (χ1) is 11.2. The van der Waals surface area contributed by atoms with Gasteiger partial charge in [0.05, 0.1) is 18.3 Å². The molecule has 1 saturated heterocycles. The van der Waals surface area contributed by atoms with Crippen LogP contribution in [0.25, 0.3) is 0 Å². The molecule has 0 radical (unpaired) electrons. The summed E-state index contributed by atoms with van der Waals surface area (Å²) in [5.74, 6) is 0.484. The molecule has 1 aromatic carbocycles. The third-order valence-corrected chi connectivity index (χ3v) is 4.03. The summed E-state index contributed by atoms with van der Waals surface area (Å²) < 4.78 is 0. The van der Waals surface area contributed by atoms with Crippen molar-refractivity contribution in [2.75, 3.05) is 36.4 Å². The summed E-state index contributed by atoms with van der Waals surface area (Å²) >= 11 is 5.84. The van der Waals surface area contributed by atoms with Crippen molar-refractivity contribution in [3.63, 3.8) is 0 Å². The van der Waals surface area contributed by atoms with Gasteiger partial charge in [-0.3, -0.25) is 4.79 Å². The highest BCUT2D eigenvalue weighted by molar-refractivity contribution is 6.30. The van der Waals surface area contributed by atoms with Crippen LogP contribution in [0.2, 0.25) is 5.02 Å². The van der Waals surface area contributed by atoms with Gasteiger partial charge < -0.3 is 15.5 Å². The highest BCUT2D eigenvalue weighted by Gasteiger charge is 2.11. The minimum Gasteiger partial charge on any atom is -0.368 e. The molecule has 120 valence electrons. The summed E-state index contributed by atoms with van der Waals surface area (Å²) in [6.07, 6.45) is 2.11. The lowest BCUT2D eigenvalue weighted by molar-refractivity contribution is -0.115. The number of hydrogen-bond donors (Lipinski definition) is 2. The molecule has 0 aliphatic carbocycles. The first-order valence-corrected chi connectivity index (χ1v) is 8.04. The number of nitrogens with zero attached hydrogens (tertiary/aromatic N) is 2. The van der Waals surface area contributed by atoms with Gasteiger partial charge in [0.1, 0.15) is 5.82 Å². The molecular weight excluding hydrogens is 312 g/mol. The van der Waals surface area contributed by atoms with Crippen LogP contribution in [0.3, 0.4) is 0 Å². The van der Waals surface area contributed by atoms with Gasteiger partial charge in [-0.2, -0.15) is 0 Å². The van der Waals surface area contributed by atoms with Crippen molar-refractivity contribution in [1.82, 2.24) is 10.3 Å². The highest BCUT2D eigenvalue weighted by atomic mass is 35.5. The molecule has 0 atom stereocenters. The van der Waals surface area contributed by atoms with Crippen LogP contribution < -0.4 is 15.5 Å². The molecule has 2 heterocycles. The molecule has 23 heavy (non-hydrogen) atoms. The van der Waals surface area contributed by atoms with E-state index in [2.05, 4.69) is 20.5 Å². The Morgan fingerprint density at radius 1 is 1.17 bits per heavy atom. The molecule has 3 rings (SSSR count). The molecule has 2 N–H and O–H groups in total. The van der Waals surface area contributed by atoms with E-state index in [1.54, 1.807) is 12.1 Å². The monoisotopic (exact) mass is 330 g/mol. The molecule has 6 heteroatoms. The molecule has 1 amide bonds. The fraction of sp³-hybridized carbons (Fsp3) is 0.294. The van der Waals surface area contributed by atoms with Gasteiger partial charge in [0.25, 0.3) is 0 Å². The number of carbonyl (C=O) groups excluding carboxylic acids is 1. The number of rotatable bonds is 4. The smallest absolute Gasteiger partial charge is 0.229 e. The van der Waals surface area contributed by atoms with Gasteiger partial charge in [0.2, 0.25) is 5.91 Å². The minimum atomic E-state index is -0.0882. The Bertz CT molecular complexity index is 651. The summed E-state index contributed by atoms with van der Waals surface area (Å²) in [5.41, 5.74) is 2.01. The van der Waals surface area contributed by atoms with Crippen LogP contribution in [-0.4, -0.2) is 37.1 Å². The summed E-state index contributed by atoms with van der Waals surface area (Å²) in [6.45, 7) is 3.92. The predicted octanol–water partition coefficient (Wildman–Crippen LogP) is 2.33. The van der Waals surface area contributed by atoms with Crippen LogP contribution in [0.1, 0.15) is 5.56 Å². The van der Waals surface area contributed by atoms with E-state index in [9.17, 15) is 4.79 Å². The molecule has 0 bridgehead atoms. The van der Waals surface area contributed by atoms with Crippen molar-refractivity contribution in [2.45, 2.75) is 6.42 Å². The van der Waals surface area contributed by atoms with E-state index in [4.69, 9.17) is 11.6 Å². The van der Waals surface area contributed by atoms with Crippen molar-refractivity contribution in [1.29, 1.82) is 0 Å². The second kappa shape index (κ2) is 7.44. The van der Waals surface area contributed by atoms with E-state index in [-0.39, 0.29) is 5.91 Å². The van der Waals surface area contributed by atoms with Crippen LogP contribution in [0.5, 0.6) is 0 Å². The number of piperazine rings is 1. The largest absolute Gasteiger partial charge is 0.368 e. The second-order valence-electron chi connectivity index (χ2n) is 5.49.